The number of hydrogen-bond donors (Lipinski definition) is 0. The van der Waals surface area contributed by atoms with Crippen molar-refractivity contribution in [3.8, 4) is 22.3 Å². The lowest BCUT2D eigenvalue weighted by atomic mass is 9.70. The summed E-state index contributed by atoms with van der Waals surface area (Å²) in [6.45, 7) is 2.14. The van der Waals surface area contributed by atoms with Gasteiger partial charge in [0, 0.05) is 5.56 Å². The van der Waals surface area contributed by atoms with Crippen LogP contribution >= 0.6 is 0 Å². The molecule has 5 aliphatic rings. The van der Waals surface area contributed by atoms with Gasteiger partial charge in [-0.1, -0.05) is 84.9 Å². The molecule has 3 aliphatic heterocycles. The molecule has 2 heteroatoms. The molecule has 0 aromatic heterocycles. The van der Waals surface area contributed by atoms with Gasteiger partial charge in [-0.05, 0) is 88.8 Å². The van der Waals surface area contributed by atoms with Crippen molar-refractivity contribution in [1.29, 1.82) is 0 Å². The quantitative estimate of drug-likeness (QED) is 0.272. The molecule has 0 radical (unpaired) electrons. The minimum Gasteiger partial charge on any atom is -0.293 e. The molecule has 4 aromatic rings. The molecule has 3 saturated heterocycles. The van der Waals surface area contributed by atoms with Gasteiger partial charge in [0.15, 0.2) is 5.78 Å². The topological polar surface area (TPSA) is 20.3 Å². The molecule has 9 rings (SSSR count). The fraction of sp³-hybridized carbons (Fsp3) is 0.242. The van der Waals surface area contributed by atoms with Gasteiger partial charge in [0.2, 0.25) is 0 Å². The SMILES string of the molecule is O=C(c1ccc2c(c1)C1(c3ccccc3-c3ccccc31)c1ccccc1-2)[C@H]1CC2CCN1CC2. The fourth-order valence-corrected chi connectivity index (χ4v) is 7.68. The van der Waals surface area contributed by atoms with Crippen molar-refractivity contribution in [3.05, 3.63) is 119 Å². The van der Waals surface area contributed by atoms with Crippen LogP contribution in [0, 0.1) is 5.92 Å². The summed E-state index contributed by atoms with van der Waals surface area (Å²) in [4.78, 5) is 16.3. The molecule has 2 aliphatic carbocycles. The van der Waals surface area contributed by atoms with Crippen LogP contribution in [0.2, 0.25) is 0 Å². The third kappa shape index (κ3) is 2.45. The largest absolute Gasteiger partial charge is 0.293 e. The average Bonchev–Trinajstić information content (AvgIpc) is 3.40. The Morgan fingerprint density at radius 2 is 1.17 bits per heavy atom. The molecule has 35 heavy (non-hydrogen) atoms. The number of rotatable bonds is 2. The molecule has 2 nitrogen and oxygen atoms in total. The number of ketones is 1. The van der Waals surface area contributed by atoms with E-state index in [0.717, 1.165) is 25.1 Å². The van der Waals surface area contributed by atoms with E-state index in [1.165, 1.54) is 57.3 Å². The first-order valence-corrected chi connectivity index (χ1v) is 13.0. The highest BCUT2D eigenvalue weighted by Gasteiger charge is 2.51. The summed E-state index contributed by atoms with van der Waals surface area (Å²) < 4.78 is 0. The summed E-state index contributed by atoms with van der Waals surface area (Å²) in [5, 5.41) is 0. The van der Waals surface area contributed by atoms with Crippen LogP contribution in [0.15, 0.2) is 91.0 Å². The van der Waals surface area contributed by atoms with Gasteiger partial charge in [0.05, 0.1) is 11.5 Å². The number of Topliss-reactive ketones (excluding diaryl/α,β-unsaturated/α-hetero) is 1. The Bertz CT molecular complexity index is 1460. The fourth-order valence-electron chi connectivity index (χ4n) is 7.68. The summed E-state index contributed by atoms with van der Waals surface area (Å²) in [5.41, 5.74) is 10.9. The Hall–Kier alpha value is -3.49. The average molecular weight is 454 g/mol. The van der Waals surface area contributed by atoms with E-state index in [-0.39, 0.29) is 11.5 Å². The number of benzene rings is 4. The summed E-state index contributed by atoms with van der Waals surface area (Å²) in [7, 11) is 0. The van der Waals surface area contributed by atoms with Crippen molar-refractivity contribution in [2.45, 2.75) is 30.7 Å². The van der Waals surface area contributed by atoms with E-state index in [9.17, 15) is 4.79 Å². The molecule has 0 unspecified atom stereocenters. The third-order valence-electron chi connectivity index (χ3n) is 9.23. The van der Waals surface area contributed by atoms with Crippen molar-refractivity contribution in [3.63, 3.8) is 0 Å². The van der Waals surface area contributed by atoms with Gasteiger partial charge in [-0.3, -0.25) is 9.69 Å². The second kappa shape index (κ2) is 7.02. The van der Waals surface area contributed by atoms with E-state index in [2.05, 4.69) is 95.9 Å². The van der Waals surface area contributed by atoms with Crippen LogP contribution in [0.5, 0.6) is 0 Å². The van der Waals surface area contributed by atoms with E-state index in [1.807, 2.05) is 0 Å². The highest BCUT2D eigenvalue weighted by Crippen LogP contribution is 2.62. The first kappa shape index (κ1) is 19.8. The van der Waals surface area contributed by atoms with Crippen LogP contribution in [0.1, 0.15) is 51.9 Å². The molecule has 170 valence electrons. The normalized spacial score (nSPS) is 24.1. The van der Waals surface area contributed by atoms with Crippen LogP contribution < -0.4 is 0 Å². The number of nitrogens with zero attached hydrogens (tertiary/aromatic N) is 1. The minimum atomic E-state index is -0.374. The zero-order valence-electron chi connectivity index (χ0n) is 19.7. The Kier molecular flexibility index (Phi) is 3.97. The van der Waals surface area contributed by atoms with E-state index in [0.29, 0.717) is 11.7 Å². The van der Waals surface area contributed by atoms with Crippen LogP contribution in [0.3, 0.4) is 0 Å². The van der Waals surface area contributed by atoms with Gasteiger partial charge in [0.25, 0.3) is 0 Å². The molecule has 0 saturated carbocycles. The molecule has 1 atom stereocenters. The number of carbonyl (C=O) groups is 1. The second-order valence-corrected chi connectivity index (χ2v) is 10.7. The van der Waals surface area contributed by atoms with Crippen molar-refractivity contribution >= 4 is 5.78 Å². The number of fused-ring (bicyclic) bond motifs is 13. The predicted molar refractivity (Wildman–Crippen MR) is 140 cm³/mol. The number of piperidine rings is 3. The van der Waals surface area contributed by atoms with E-state index in [4.69, 9.17) is 0 Å². The lowest BCUT2D eigenvalue weighted by molar-refractivity contribution is 0.0406. The zero-order valence-corrected chi connectivity index (χ0v) is 19.7. The monoisotopic (exact) mass is 453 g/mol. The number of hydrogen-bond acceptors (Lipinski definition) is 2. The van der Waals surface area contributed by atoms with Crippen LogP contribution in [0.25, 0.3) is 22.3 Å². The molecule has 0 N–H and O–H groups in total. The number of carbonyl (C=O) groups excluding carboxylic acids is 1. The molecule has 4 aromatic carbocycles. The maximum atomic E-state index is 13.9. The summed E-state index contributed by atoms with van der Waals surface area (Å²) in [6, 6.07) is 33.1. The van der Waals surface area contributed by atoms with Crippen molar-refractivity contribution in [2.75, 3.05) is 13.1 Å². The standard InChI is InChI=1S/C33H27NO/c35-32(31-19-21-15-17-34(31)18-16-21)22-13-14-26-25-9-3-6-12-29(25)33(30(26)20-22)27-10-4-1-7-23(27)24-8-2-5-11-28(24)33/h1-14,20-21,31H,15-19H2/t31-/m1/s1. The first-order chi connectivity index (χ1) is 17.3. The van der Waals surface area contributed by atoms with Crippen molar-refractivity contribution in [2.24, 2.45) is 5.92 Å². The van der Waals surface area contributed by atoms with Crippen LogP contribution in [-0.4, -0.2) is 29.8 Å². The Morgan fingerprint density at radius 1 is 0.657 bits per heavy atom. The molecule has 1 spiro atoms. The summed E-state index contributed by atoms with van der Waals surface area (Å²) >= 11 is 0. The van der Waals surface area contributed by atoms with E-state index < -0.39 is 0 Å². The molecule has 0 amide bonds. The van der Waals surface area contributed by atoms with Crippen molar-refractivity contribution < 1.29 is 4.79 Å². The Labute approximate surface area is 206 Å². The van der Waals surface area contributed by atoms with E-state index in [1.54, 1.807) is 0 Å². The van der Waals surface area contributed by atoms with Gasteiger partial charge >= 0.3 is 0 Å². The highest BCUT2D eigenvalue weighted by molar-refractivity contribution is 6.03. The van der Waals surface area contributed by atoms with Gasteiger partial charge in [0.1, 0.15) is 0 Å². The third-order valence-corrected chi connectivity index (χ3v) is 9.23. The van der Waals surface area contributed by atoms with E-state index >= 15 is 0 Å². The molecule has 2 bridgehead atoms. The Morgan fingerprint density at radius 3 is 1.69 bits per heavy atom. The summed E-state index contributed by atoms with van der Waals surface area (Å²) in [5.74, 6) is 1.02. The maximum Gasteiger partial charge on any atom is 0.179 e. The second-order valence-electron chi connectivity index (χ2n) is 10.7. The van der Waals surface area contributed by atoms with Gasteiger partial charge in [-0.15, -0.1) is 0 Å². The van der Waals surface area contributed by atoms with Crippen LogP contribution in [-0.2, 0) is 5.41 Å². The van der Waals surface area contributed by atoms with Gasteiger partial charge < -0.3 is 0 Å². The smallest absolute Gasteiger partial charge is 0.179 e. The maximum absolute atomic E-state index is 13.9. The minimum absolute atomic E-state index is 0.0448. The Balaban J connectivity index is 1.38. The first-order valence-electron chi connectivity index (χ1n) is 13.0. The van der Waals surface area contributed by atoms with Crippen LogP contribution in [0.4, 0.5) is 0 Å². The molecule has 3 heterocycles. The summed E-state index contributed by atoms with van der Waals surface area (Å²) in [6.07, 6.45) is 3.52. The predicted octanol–water partition coefficient (Wildman–Crippen LogP) is 6.70. The lowest BCUT2D eigenvalue weighted by Crippen LogP contribution is -2.52. The van der Waals surface area contributed by atoms with Gasteiger partial charge in [-0.2, -0.15) is 0 Å². The van der Waals surface area contributed by atoms with Crippen molar-refractivity contribution in [1.82, 2.24) is 4.90 Å². The zero-order chi connectivity index (χ0) is 23.1. The highest BCUT2D eigenvalue weighted by atomic mass is 16.1. The van der Waals surface area contributed by atoms with Gasteiger partial charge in [-0.25, -0.2) is 0 Å². The molecular weight excluding hydrogens is 426 g/mol. The molecular formula is C33H27NO. The molecule has 3 fully saturated rings. The lowest BCUT2D eigenvalue weighted by Gasteiger charge is -2.44.